The van der Waals surface area contributed by atoms with Gasteiger partial charge >= 0.3 is 0 Å². The van der Waals surface area contributed by atoms with Crippen LogP contribution in [0, 0.1) is 0 Å². The van der Waals surface area contributed by atoms with E-state index in [1.165, 1.54) is 0 Å². The predicted molar refractivity (Wildman–Crippen MR) is 46.6 cm³/mol. The third kappa shape index (κ3) is 5.55. The Kier molecular flexibility index (Phi) is 5.60. The molecule has 0 aliphatic heterocycles. The van der Waals surface area contributed by atoms with Gasteiger partial charge in [0.2, 0.25) is 6.33 Å². The fourth-order valence-corrected chi connectivity index (χ4v) is 1.56. The molecule has 0 atom stereocenters. The van der Waals surface area contributed by atoms with E-state index in [1.807, 2.05) is 34.9 Å². The lowest BCUT2D eigenvalue weighted by Gasteiger charge is -1.94. The lowest BCUT2D eigenvalue weighted by atomic mass is 10.5. The summed E-state index contributed by atoms with van der Waals surface area (Å²) in [6, 6.07) is 0. The van der Waals surface area contributed by atoms with Crippen molar-refractivity contribution in [2.24, 2.45) is 7.05 Å². The summed E-state index contributed by atoms with van der Waals surface area (Å²) in [6.07, 6.45) is 5.99. The summed E-state index contributed by atoms with van der Waals surface area (Å²) in [4.78, 5) is 0. The van der Waals surface area contributed by atoms with Crippen molar-refractivity contribution >= 4 is 10.1 Å². The molecule has 0 fully saturated rings. The zero-order chi connectivity index (χ0) is 9.90. The van der Waals surface area contributed by atoms with E-state index in [0.717, 1.165) is 0 Å². The van der Waals surface area contributed by atoms with Gasteiger partial charge in [-0.15, -0.1) is 0 Å². The Bertz CT molecular complexity index is 374. The van der Waals surface area contributed by atoms with Crippen LogP contribution in [0.15, 0.2) is 18.7 Å². The SMILES string of the molecule is C[n+]1ccn(CCCS(=O)(=O)O)c1.[I-]. The third-order valence-corrected chi connectivity index (χ3v) is 2.45. The van der Waals surface area contributed by atoms with Gasteiger partial charge in [0.05, 0.1) is 19.3 Å². The quantitative estimate of drug-likeness (QED) is 0.355. The van der Waals surface area contributed by atoms with Gasteiger partial charge in [-0.3, -0.25) is 4.55 Å². The maximum absolute atomic E-state index is 10.4. The molecule has 1 aromatic rings. The molecule has 0 aliphatic rings. The summed E-state index contributed by atoms with van der Waals surface area (Å²) in [7, 11) is -1.92. The molecule has 0 aromatic carbocycles. The molecule has 0 amide bonds. The highest BCUT2D eigenvalue weighted by Crippen LogP contribution is 1.93. The van der Waals surface area contributed by atoms with Crippen LogP contribution in [0.25, 0.3) is 0 Å². The molecule has 1 N–H and O–H groups in total. The minimum atomic E-state index is -3.81. The molecule has 0 spiro atoms. The molecular weight excluding hydrogens is 319 g/mol. The lowest BCUT2D eigenvalue weighted by Crippen LogP contribution is -3.00. The molecule has 1 heterocycles. The van der Waals surface area contributed by atoms with Crippen LogP contribution in [0.1, 0.15) is 6.42 Å². The highest BCUT2D eigenvalue weighted by atomic mass is 127. The van der Waals surface area contributed by atoms with Crippen molar-refractivity contribution < 1.29 is 41.5 Å². The third-order valence-electron chi connectivity index (χ3n) is 1.64. The van der Waals surface area contributed by atoms with Crippen molar-refractivity contribution in [2.45, 2.75) is 13.0 Å². The van der Waals surface area contributed by atoms with Gasteiger partial charge in [0.1, 0.15) is 12.4 Å². The minimum absolute atomic E-state index is 0. The predicted octanol–water partition coefficient (Wildman–Crippen LogP) is -3.41. The Morgan fingerprint density at radius 2 is 2.14 bits per heavy atom. The molecule has 0 saturated carbocycles. The maximum Gasteiger partial charge on any atom is 0.265 e. The van der Waals surface area contributed by atoms with Crippen LogP contribution in [0.4, 0.5) is 0 Å². The zero-order valence-electron chi connectivity index (χ0n) is 7.80. The first kappa shape index (κ1) is 13.8. The van der Waals surface area contributed by atoms with Crippen molar-refractivity contribution in [2.75, 3.05) is 5.75 Å². The number of halogens is 1. The summed E-state index contributed by atoms with van der Waals surface area (Å²) in [5.74, 6) is -0.186. The van der Waals surface area contributed by atoms with Crippen LogP contribution >= 0.6 is 0 Å². The zero-order valence-corrected chi connectivity index (χ0v) is 10.8. The van der Waals surface area contributed by atoms with Gasteiger partial charge in [0, 0.05) is 6.42 Å². The Morgan fingerprint density at radius 3 is 2.57 bits per heavy atom. The van der Waals surface area contributed by atoms with E-state index >= 15 is 0 Å². The molecular formula is C7H13IN2O3S. The van der Waals surface area contributed by atoms with Crippen molar-refractivity contribution in [1.82, 2.24) is 4.57 Å². The molecule has 1 aromatic heterocycles. The van der Waals surface area contributed by atoms with E-state index in [-0.39, 0.29) is 29.7 Å². The Morgan fingerprint density at radius 1 is 1.50 bits per heavy atom. The minimum Gasteiger partial charge on any atom is -1.00 e. The van der Waals surface area contributed by atoms with Crippen molar-refractivity contribution in [3.8, 4) is 0 Å². The topological polar surface area (TPSA) is 63.2 Å². The van der Waals surface area contributed by atoms with Gasteiger partial charge < -0.3 is 24.0 Å². The molecule has 0 aliphatic carbocycles. The van der Waals surface area contributed by atoms with E-state index in [9.17, 15) is 8.42 Å². The first-order valence-electron chi connectivity index (χ1n) is 3.93. The molecule has 7 heteroatoms. The van der Waals surface area contributed by atoms with Crippen LogP contribution in [-0.2, 0) is 23.7 Å². The molecule has 0 saturated heterocycles. The number of rotatable bonds is 4. The van der Waals surface area contributed by atoms with Crippen LogP contribution < -0.4 is 28.5 Å². The smallest absolute Gasteiger partial charge is 0.265 e. The van der Waals surface area contributed by atoms with Crippen LogP contribution in [0.5, 0.6) is 0 Å². The summed E-state index contributed by atoms with van der Waals surface area (Å²) in [5, 5.41) is 0. The molecule has 1 rings (SSSR count). The second-order valence-corrected chi connectivity index (χ2v) is 4.53. The second kappa shape index (κ2) is 5.66. The Labute approximate surface area is 101 Å². The summed E-state index contributed by atoms with van der Waals surface area (Å²) in [5.41, 5.74) is 0. The van der Waals surface area contributed by atoms with Crippen molar-refractivity contribution in [3.63, 3.8) is 0 Å². The molecule has 82 valence electrons. The number of imidazole rings is 1. The molecule has 14 heavy (non-hydrogen) atoms. The Balaban J connectivity index is 0.00000169. The fraction of sp³-hybridized carbons (Fsp3) is 0.571. The van der Waals surface area contributed by atoms with E-state index in [1.54, 1.807) is 0 Å². The normalized spacial score (nSPS) is 11.0. The maximum atomic E-state index is 10.4. The number of aromatic nitrogens is 2. The molecule has 5 nitrogen and oxygen atoms in total. The number of nitrogens with zero attached hydrogens (tertiary/aromatic N) is 2. The monoisotopic (exact) mass is 332 g/mol. The van der Waals surface area contributed by atoms with Gasteiger partial charge in [0.25, 0.3) is 10.1 Å². The highest BCUT2D eigenvalue weighted by molar-refractivity contribution is 7.85. The van der Waals surface area contributed by atoms with E-state index in [4.69, 9.17) is 4.55 Å². The fourth-order valence-electron chi connectivity index (χ4n) is 1.06. The molecule has 0 radical (unpaired) electrons. The first-order chi connectivity index (χ1) is 5.97. The average Bonchev–Trinajstić information content (AvgIpc) is 2.33. The molecule has 0 unspecified atom stereocenters. The first-order valence-corrected chi connectivity index (χ1v) is 5.54. The summed E-state index contributed by atoms with van der Waals surface area (Å²) >= 11 is 0. The van der Waals surface area contributed by atoms with E-state index in [2.05, 4.69) is 0 Å². The average molecular weight is 332 g/mol. The van der Waals surface area contributed by atoms with Crippen LogP contribution in [0.3, 0.4) is 0 Å². The number of hydrogen-bond acceptors (Lipinski definition) is 2. The van der Waals surface area contributed by atoms with Gasteiger partial charge in [0.15, 0.2) is 0 Å². The number of hydrogen-bond donors (Lipinski definition) is 1. The Hall–Kier alpha value is -0.150. The van der Waals surface area contributed by atoms with Crippen LogP contribution in [-0.4, -0.2) is 23.3 Å². The highest BCUT2D eigenvalue weighted by Gasteiger charge is 2.06. The summed E-state index contributed by atoms with van der Waals surface area (Å²) in [6.45, 7) is 0.598. The van der Waals surface area contributed by atoms with Gasteiger partial charge in [-0.1, -0.05) is 0 Å². The van der Waals surface area contributed by atoms with E-state index in [0.29, 0.717) is 13.0 Å². The largest absolute Gasteiger partial charge is 1.00 e. The summed E-state index contributed by atoms with van der Waals surface area (Å²) < 4.78 is 32.9. The van der Waals surface area contributed by atoms with Crippen molar-refractivity contribution in [1.29, 1.82) is 0 Å². The standard InChI is InChI=1S/C7H12N2O3S.HI/c1-8-4-5-9(7-8)3-2-6-13(10,11)12;/h4-5,7H,2-3,6H2,1H3;1H. The van der Waals surface area contributed by atoms with Crippen molar-refractivity contribution in [3.05, 3.63) is 18.7 Å². The van der Waals surface area contributed by atoms with Gasteiger partial charge in [-0.2, -0.15) is 8.42 Å². The molecule has 0 bridgehead atoms. The van der Waals surface area contributed by atoms with Gasteiger partial charge in [-0.25, -0.2) is 9.13 Å². The van der Waals surface area contributed by atoms with E-state index < -0.39 is 10.1 Å². The van der Waals surface area contributed by atoms with Gasteiger partial charge in [-0.05, 0) is 0 Å². The second-order valence-electron chi connectivity index (χ2n) is 2.96. The van der Waals surface area contributed by atoms with Crippen LogP contribution in [0.2, 0.25) is 0 Å². The lowest BCUT2D eigenvalue weighted by molar-refractivity contribution is -0.671. The number of aryl methyl sites for hydroxylation is 2.